The van der Waals surface area contributed by atoms with Crippen molar-refractivity contribution in [3.63, 3.8) is 0 Å². The maximum atomic E-state index is 4.16. The van der Waals surface area contributed by atoms with Gasteiger partial charge in [-0.3, -0.25) is 0 Å². The highest BCUT2D eigenvalue weighted by molar-refractivity contribution is 5.39. The third-order valence-corrected chi connectivity index (χ3v) is 3.55. The van der Waals surface area contributed by atoms with Crippen molar-refractivity contribution in [1.29, 1.82) is 0 Å². The fourth-order valence-electron chi connectivity index (χ4n) is 2.24. The molecule has 0 aromatic rings. The van der Waals surface area contributed by atoms with Crippen LogP contribution in [0.1, 0.15) is 34.1 Å². The first-order valence-corrected chi connectivity index (χ1v) is 5.60. The number of rotatable bonds is 3. The average Bonchev–Trinajstić information content (AvgIpc) is 2.17. The summed E-state index contributed by atoms with van der Waals surface area (Å²) in [4.78, 5) is 0. The number of allylic oxidation sites excluding steroid dienone is 6. The van der Waals surface area contributed by atoms with E-state index in [9.17, 15) is 0 Å². The Bertz CT molecular complexity index is 339. The normalized spacial score (nSPS) is 25.3. The smallest absolute Gasteiger partial charge is 0.0152 e. The SMILES string of the molecule is C=C(C)C1=CC=CC(C(=C)C)(C(C)C)C1. The maximum absolute atomic E-state index is 4.16. The van der Waals surface area contributed by atoms with Gasteiger partial charge in [-0.05, 0) is 31.8 Å². The van der Waals surface area contributed by atoms with Gasteiger partial charge >= 0.3 is 0 Å². The van der Waals surface area contributed by atoms with Crippen LogP contribution in [0.5, 0.6) is 0 Å². The van der Waals surface area contributed by atoms with E-state index >= 15 is 0 Å². The number of hydrogen-bond donors (Lipinski definition) is 0. The van der Waals surface area contributed by atoms with E-state index in [4.69, 9.17) is 0 Å². The minimum atomic E-state index is 0.128. The van der Waals surface area contributed by atoms with E-state index in [0.717, 1.165) is 6.42 Å². The molecule has 1 rings (SSSR count). The van der Waals surface area contributed by atoms with E-state index in [1.54, 1.807) is 0 Å². The highest BCUT2D eigenvalue weighted by Crippen LogP contribution is 2.45. The van der Waals surface area contributed by atoms with Gasteiger partial charge in [0.1, 0.15) is 0 Å². The molecule has 1 aliphatic rings. The van der Waals surface area contributed by atoms with Crippen LogP contribution in [0.15, 0.2) is 48.1 Å². The summed E-state index contributed by atoms with van der Waals surface area (Å²) in [6.07, 6.45) is 7.67. The second kappa shape index (κ2) is 4.22. The van der Waals surface area contributed by atoms with Crippen molar-refractivity contribution >= 4 is 0 Å². The Morgan fingerprint density at radius 3 is 2.33 bits per heavy atom. The van der Waals surface area contributed by atoms with E-state index in [0.29, 0.717) is 5.92 Å². The predicted molar refractivity (Wildman–Crippen MR) is 68.7 cm³/mol. The molecule has 0 N–H and O–H groups in total. The molecule has 1 unspecified atom stereocenters. The van der Waals surface area contributed by atoms with E-state index in [2.05, 4.69) is 59.1 Å². The van der Waals surface area contributed by atoms with Crippen molar-refractivity contribution in [2.45, 2.75) is 34.1 Å². The van der Waals surface area contributed by atoms with E-state index in [-0.39, 0.29) is 5.41 Å². The molecule has 82 valence electrons. The van der Waals surface area contributed by atoms with Crippen LogP contribution < -0.4 is 0 Å². The lowest BCUT2D eigenvalue weighted by molar-refractivity contribution is 0.320. The Labute approximate surface area is 94.1 Å². The molecule has 0 bridgehead atoms. The van der Waals surface area contributed by atoms with Gasteiger partial charge in [0.15, 0.2) is 0 Å². The fraction of sp³-hybridized carbons (Fsp3) is 0.467. The molecule has 0 nitrogen and oxygen atoms in total. The van der Waals surface area contributed by atoms with Gasteiger partial charge in [-0.25, -0.2) is 0 Å². The highest BCUT2D eigenvalue weighted by atomic mass is 14.4. The molecule has 0 radical (unpaired) electrons. The summed E-state index contributed by atoms with van der Waals surface area (Å²) in [5.41, 5.74) is 3.91. The quantitative estimate of drug-likeness (QED) is 0.583. The summed E-state index contributed by atoms with van der Waals surface area (Å²) in [6, 6.07) is 0. The Morgan fingerprint density at radius 2 is 1.93 bits per heavy atom. The lowest BCUT2D eigenvalue weighted by Crippen LogP contribution is -2.28. The second-order valence-corrected chi connectivity index (χ2v) is 4.98. The molecular weight excluding hydrogens is 180 g/mol. The molecule has 1 atom stereocenters. The third-order valence-electron chi connectivity index (χ3n) is 3.55. The molecule has 0 heterocycles. The summed E-state index contributed by atoms with van der Waals surface area (Å²) < 4.78 is 0. The fourth-order valence-corrected chi connectivity index (χ4v) is 2.24. The topological polar surface area (TPSA) is 0 Å². The van der Waals surface area contributed by atoms with Gasteiger partial charge in [0.2, 0.25) is 0 Å². The summed E-state index contributed by atoms with van der Waals surface area (Å²) in [5, 5.41) is 0. The predicted octanol–water partition coefficient (Wildman–Crippen LogP) is 4.67. The van der Waals surface area contributed by atoms with Gasteiger partial charge < -0.3 is 0 Å². The van der Waals surface area contributed by atoms with Gasteiger partial charge in [0, 0.05) is 5.41 Å². The Kier molecular flexibility index (Phi) is 3.38. The Hall–Kier alpha value is -1.04. The maximum Gasteiger partial charge on any atom is 0.0152 e. The summed E-state index contributed by atoms with van der Waals surface area (Å²) >= 11 is 0. The Morgan fingerprint density at radius 1 is 1.33 bits per heavy atom. The van der Waals surface area contributed by atoms with Crippen LogP contribution in [0.25, 0.3) is 0 Å². The minimum absolute atomic E-state index is 0.128. The first-order valence-electron chi connectivity index (χ1n) is 5.60. The zero-order chi connectivity index (χ0) is 11.6. The summed E-state index contributed by atoms with van der Waals surface area (Å²) in [6.45, 7) is 16.9. The average molecular weight is 202 g/mol. The van der Waals surface area contributed by atoms with Crippen molar-refractivity contribution in [1.82, 2.24) is 0 Å². The van der Waals surface area contributed by atoms with Crippen molar-refractivity contribution < 1.29 is 0 Å². The van der Waals surface area contributed by atoms with Crippen LogP contribution in [0, 0.1) is 11.3 Å². The van der Waals surface area contributed by atoms with Crippen molar-refractivity contribution in [3.05, 3.63) is 48.1 Å². The molecule has 0 saturated heterocycles. The molecule has 0 fully saturated rings. The van der Waals surface area contributed by atoms with Crippen LogP contribution in [-0.4, -0.2) is 0 Å². The van der Waals surface area contributed by atoms with Crippen molar-refractivity contribution in [3.8, 4) is 0 Å². The van der Waals surface area contributed by atoms with Gasteiger partial charge in [0.05, 0.1) is 0 Å². The lowest BCUT2D eigenvalue weighted by Gasteiger charge is -2.38. The molecule has 0 aliphatic heterocycles. The van der Waals surface area contributed by atoms with E-state index in [1.807, 2.05) is 0 Å². The monoisotopic (exact) mass is 202 g/mol. The lowest BCUT2D eigenvalue weighted by atomic mass is 9.66. The molecule has 0 aromatic heterocycles. The molecule has 0 saturated carbocycles. The number of hydrogen-bond acceptors (Lipinski definition) is 0. The molecule has 0 heteroatoms. The van der Waals surface area contributed by atoms with Crippen molar-refractivity contribution in [2.75, 3.05) is 0 Å². The van der Waals surface area contributed by atoms with Crippen LogP contribution in [0.2, 0.25) is 0 Å². The van der Waals surface area contributed by atoms with Gasteiger partial charge in [-0.1, -0.05) is 56.4 Å². The van der Waals surface area contributed by atoms with Crippen LogP contribution in [-0.2, 0) is 0 Å². The Balaban J connectivity index is 3.08. The van der Waals surface area contributed by atoms with Crippen LogP contribution in [0.4, 0.5) is 0 Å². The summed E-state index contributed by atoms with van der Waals surface area (Å²) in [5.74, 6) is 0.578. The third kappa shape index (κ3) is 2.14. The molecule has 1 aliphatic carbocycles. The second-order valence-electron chi connectivity index (χ2n) is 4.98. The molecule has 0 amide bonds. The minimum Gasteiger partial charge on any atom is -0.0992 e. The zero-order valence-electron chi connectivity index (χ0n) is 10.4. The highest BCUT2D eigenvalue weighted by Gasteiger charge is 2.34. The zero-order valence-corrected chi connectivity index (χ0v) is 10.4. The molecule has 15 heavy (non-hydrogen) atoms. The van der Waals surface area contributed by atoms with Gasteiger partial charge in [0.25, 0.3) is 0 Å². The first kappa shape index (κ1) is 12.0. The van der Waals surface area contributed by atoms with Crippen LogP contribution in [0.3, 0.4) is 0 Å². The van der Waals surface area contributed by atoms with Gasteiger partial charge in [-0.2, -0.15) is 0 Å². The molecule has 0 spiro atoms. The largest absolute Gasteiger partial charge is 0.0992 e. The first-order chi connectivity index (χ1) is 6.90. The standard InChI is InChI=1S/C15H22/c1-11(2)14-8-7-9-15(10-14,12(3)4)13(5)6/h7-9,13H,1,3,10H2,2,4-6H3. The van der Waals surface area contributed by atoms with E-state index < -0.39 is 0 Å². The van der Waals surface area contributed by atoms with Crippen LogP contribution >= 0.6 is 0 Å². The molecule has 0 aromatic carbocycles. The van der Waals surface area contributed by atoms with Crippen molar-refractivity contribution in [2.24, 2.45) is 11.3 Å². The van der Waals surface area contributed by atoms with E-state index in [1.165, 1.54) is 16.7 Å². The summed E-state index contributed by atoms with van der Waals surface area (Å²) in [7, 11) is 0. The van der Waals surface area contributed by atoms with Gasteiger partial charge in [-0.15, -0.1) is 0 Å². The molecular formula is C15H22.